The summed E-state index contributed by atoms with van der Waals surface area (Å²) in [6.07, 6.45) is 0. The number of aromatic nitrogens is 3. The molecule has 0 fully saturated rings. The number of carbonyl (C=O) groups excluding carboxylic acids is 1. The van der Waals surface area contributed by atoms with Crippen LogP contribution in [0.25, 0.3) is 0 Å². The molecule has 0 aliphatic rings. The molecule has 7 nitrogen and oxygen atoms in total. The van der Waals surface area contributed by atoms with Crippen LogP contribution >= 0.6 is 11.8 Å². The summed E-state index contributed by atoms with van der Waals surface area (Å²) in [5.41, 5.74) is 0.727. The van der Waals surface area contributed by atoms with Gasteiger partial charge in [0.05, 0.1) is 0 Å². The van der Waals surface area contributed by atoms with Crippen LogP contribution in [0.2, 0.25) is 0 Å². The van der Waals surface area contributed by atoms with Gasteiger partial charge in [-0.1, -0.05) is 0 Å². The Hall–Kier alpha value is -1.42. The fraction of sp³-hybridized carbons (Fsp3) is 0.571. The highest BCUT2D eigenvalue weighted by Crippen LogP contribution is 2.34. The van der Waals surface area contributed by atoms with Crippen molar-refractivity contribution >= 4 is 17.7 Å². The van der Waals surface area contributed by atoms with Crippen molar-refractivity contribution in [3.05, 3.63) is 10.5 Å². The number of alkyl halides is 2. The zero-order valence-electron chi connectivity index (χ0n) is 9.03. The second kappa shape index (κ2) is 4.84. The molecule has 0 radical (unpaired) electrons. The van der Waals surface area contributed by atoms with Gasteiger partial charge in [0.1, 0.15) is 0 Å². The number of carbonyl (C=O) groups is 1. The number of nitrogens with zero attached hydrogens (tertiary/aromatic N) is 2. The third kappa shape index (κ3) is 2.82. The fourth-order valence-corrected chi connectivity index (χ4v) is 1.93. The lowest BCUT2D eigenvalue weighted by Gasteiger charge is -2.14. The van der Waals surface area contributed by atoms with Gasteiger partial charge in [0.15, 0.2) is 5.16 Å². The number of halogens is 2. The second-order valence-electron chi connectivity index (χ2n) is 3.37. The molecule has 0 aliphatic carbocycles. The van der Waals surface area contributed by atoms with Crippen LogP contribution in [0.15, 0.2) is 9.95 Å². The van der Waals surface area contributed by atoms with Crippen LogP contribution in [0.5, 0.6) is 0 Å². The van der Waals surface area contributed by atoms with Crippen LogP contribution in [0, 0.1) is 0 Å². The van der Waals surface area contributed by atoms with Crippen molar-refractivity contribution in [2.75, 3.05) is 0 Å². The Bertz CT molecular complexity index is 469. The van der Waals surface area contributed by atoms with Crippen molar-refractivity contribution in [3.8, 4) is 0 Å². The van der Waals surface area contributed by atoms with E-state index in [9.17, 15) is 18.4 Å². The molecule has 0 aliphatic heterocycles. The maximum absolute atomic E-state index is 13.3. The summed E-state index contributed by atoms with van der Waals surface area (Å²) in [5, 5.41) is 1.39. The molecular weight excluding hydrogens is 256 g/mol. The highest BCUT2D eigenvalue weighted by Gasteiger charge is 2.41. The van der Waals surface area contributed by atoms with Gasteiger partial charge in [0.2, 0.25) is 0 Å². The summed E-state index contributed by atoms with van der Waals surface area (Å²) in [6.45, 7) is 3.25. The predicted molar refractivity (Wildman–Crippen MR) is 56.4 cm³/mol. The van der Waals surface area contributed by atoms with Gasteiger partial charge in [-0.2, -0.15) is 8.78 Å². The summed E-state index contributed by atoms with van der Waals surface area (Å²) >= 11 is -0.150. The molecule has 17 heavy (non-hydrogen) atoms. The molecule has 1 heterocycles. The third-order valence-corrected chi connectivity index (χ3v) is 2.72. The number of thioether (sulfide) groups is 1. The lowest BCUT2D eigenvalue weighted by molar-refractivity contribution is -0.134. The summed E-state index contributed by atoms with van der Waals surface area (Å²) in [4.78, 5) is 22.1. The first-order valence-corrected chi connectivity index (χ1v) is 5.36. The molecule has 4 N–H and O–H groups in total. The van der Waals surface area contributed by atoms with E-state index < -0.39 is 16.9 Å². The van der Waals surface area contributed by atoms with E-state index in [0.717, 1.165) is 4.57 Å². The Morgan fingerprint density at radius 3 is 2.71 bits per heavy atom. The summed E-state index contributed by atoms with van der Waals surface area (Å²) in [5.74, 6) is 2.97. The van der Waals surface area contributed by atoms with Gasteiger partial charge >= 0.3 is 16.9 Å². The first kappa shape index (κ1) is 13.6. The van der Waals surface area contributed by atoms with E-state index >= 15 is 0 Å². The highest BCUT2D eigenvalue weighted by molar-refractivity contribution is 8.00. The van der Waals surface area contributed by atoms with Crippen LogP contribution in [0.1, 0.15) is 19.9 Å². The summed E-state index contributed by atoms with van der Waals surface area (Å²) in [6, 6.07) is -0.361. The Labute approximate surface area is 98.7 Å². The largest absolute Gasteiger partial charge is 0.379 e. The third-order valence-electron chi connectivity index (χ3n) is 1.80. The van der Waals surface area contributed by atoms with E-state index in [1.54, 1.807) is 13.8 Å². The van der Waals surface area contributed by atoms with Crippen LogP contribution in [0.4, 0.5) is 8.78 Å². The molecule has 0 saturated heterocycles. The zero-order chi connectivity index (χ0) is 13.2. The first-order valence-electron chi connectivity index (χ1n) is 4.54. The molecule has 1 aromatic heterocycles. The molecular formula is C7H11F2N5O2S. The van der Waals surface area contributed by atoms with E-state index in [1.165, 1.54) is 5.43 Å². The molecule has 1 aromatic rings. The topological polar surface area (TPSA) is 106 Å². The molecule has 10 heteroatoms. The predicted octanol–water partition coefficient (Wildman–Crippen LogP) is -0.173. The number of H-pyrrole nitrogens is 1. The number of nitrogens with two attached hydrogens (primary N) is 1. The molecule has 0 atom stereocenters. The minimum absolute atomic E-state index is 0.150. The lowest BCUT2D eigenvalue weighted by Crippen LogP contribution is -2.42. The number of hydrazine groups is 1. The van der Waals surface area contributed by atoms with Crippen LogP contribution in [-0.4, -0.2) is 25.9 Å². The minimum atomic E-state index is -3.80. The molecule has 1 amide bonds. The molecule has 0 spiro atoms. The number of amides is 1. The summed E-state index contributed by atoms with van der Waals surface area (Å²) in [7, 11) is 0. The maximum Gasteiger partial charge on any atom is 0.379 e. The number of nitrogens with one attached hydrogen (secondary N) is 2. The zero-order valence-corrected chi connectivity index (χ0v) is 9.85. The quantitative estimate of drug-likeness (QED) is 0.304. The van der Waals surface area contributed by atoms with E-state index in [0.29, 0.717) is 0 Å². The minimum Gasteiger partial charge on any atom is -0.288 e. The van der Waals surface area contributed by atoms with E-state index in [2.05, 4.69) is 10.9 Å². The Morgan fingerprint density at radius 1 is 1.65 bits per heavy atom. The molecule has 0 unspecified atom stereocenters. The molecule has 96 valence electrons. The van der Waals surface area contributed by atoms with E-state index in [1.807, 2.05) is 5.10 Å². The van der Waals surface area contributed by atoms with E-state index in [-0.39, 0.29) is 23.0 Å². The van der Waals surface area contributed by atoms with Gasteiger partial charge in [-0.15, -0.1) is 5.10 Å². The van der Waals surface area contributed by atoms with Crippen LogP contribution in [-0.2, 0) is 4.79 Å². The number of hydrogen-bond donors (Lipinski definition) is 3. The van der Waals surface area contributed by atoms with Crippen molar-refractivity contribution in [3.63, 3.8) is 0 Å². The maximum atomic E-state index is 13.3. The van der Waals surface area contributed by atoms with Crippen molar-refractivity contribution in [2.45, 2.75) is 30.3 Å². The Morgan fingerprint density at radius 2 is 2.24 bits per heavy atom. The molecule has 1 rings (SSSR count). The Balaban J connectivity index is 3.04. The fourth-order valence-electron chi connectivity index (χ4n) is 1.06. The van der Waals surface area contributed by atoms with E-state index in [4.69, 9.17) is 0 Å². The van der Waals surface area contributed by atoms with Gasteiger partial charge in [-0.05, 0) is 25.6 Å². The molecule has 0 bridgehead atoms. The van der Waals surface area contributed by atoms with Gasteiger partial charge in [-0.3, -0.25) is 14.8 Å². The van der Waals surface area contributed by atoms with Crippen molar-refractivity contribution in [2.24, 2.45) is 5.84 Å². The average molecular weight is 267 g/mol. The van der Waals surface area contributed by atoms with Crippen molar-refractivity contribution in [1.29, 1.82) is 0 Å². The van der Waals surface area contributed by atoms with Gasteiger partial charge in [-0.25, -0.2) is 15.7 Å². The average Bonchev–Trinajstić information content (AvgIpc) is 2.57. The lowest BCUT2D eigenvalue weighted by atomic mass is 10.4. The van der Waals surface area contributed by atoms with Gasteiger partial charge < -0.3 is 0 Å². The number of rotatable bonds is 4. The number of aromatic amines is 1. The smallest absolute Gasteiger partial charge is 0.288 e. The molecule has 0 saturated carbocycles. The second-order valence-corrected chi connectivity index (χ2v) is 4.45. The van der Waals surface area contributed by atoms with Gasteiger partial charge in [0, 0.05) is 6.04 Å². The summed E-state index contributed by atoms with van der Waals surface area (Å²) < 4.78 is 27.5. The van der Waals surface area contributed by atoms with Crippen LogP contribution in [0.3, 0.4) is 0 Å². The standard InChI is InChI=1S/C7H11F2N5O2S/c1-3(2)14-5(16)12-13-6(14)17-7(8,9)4(15)11-10/h3H,10H2,1-2H3,(H,11,15)(H,12,16). The SMILES string of the molecule is CC(C)n1c(SC(F)(F)C(=O)NN)n[nH]c1=O. The Kier molecular flexibility index (Phi) is 3.88. The highest BCUT2D eigenvalue weighted by atomic mass is 32.2. The normalized spacial score (nSPS) is 11.9. The first-order chi connectivity index (χ1) is 7.79. The van der Waals surface area contributed by atoms with Crippen molar-refractivity contribution < 1.29 is 13.6 Å². The van der Waals surface area contributed by atoms with Gasteiger partial charge in [0.25, 0.3) is 0 Å². The number of hydrogen-bond acceptors (Lipinski definition) is 5. The monoisotopic (exact) mass is 267 g/mol. The van der Waals surface area contributed by atoms with Crippen LogP contribution < -0.4 is 17.0 Å². The molecule has 0 aromatic carbocycles. The van der Waals surface area contributed by atoms with Crippen molar-refractivity contribution in [1.82, 2.24) is 20.2 Å².